The summed E-state index contributed by atoms with van der Waals surface area (Å²) in [5, 5.41) is 0.0836. The maximum Gasteiger partial charge on any atom is 0.246 e. The Morgan fingerprint density at radius 2 is 1.90 bits per heavy atom. The third kappa shape index (κ3) is 2.97. The molecule has 9 heteroatoms. The van der Waals surface area contributed by atoms with E-state index in [2.05, 4.69) is 9.97 Å². The third-order valence-electron chi connectivity index (χ3n) is 2.77. The van der Waals surface area contributed by atoms with Crippen LogP contribution in [-0.4, -0.2) is 36.8 Å². The number of nitrogens with zero attached hydrogens (tertiary/aromatic N) is 3. The summed E-state index contributed by atoms with van der Waals surface area (Å²) in [6, 6.07) is 2.54. The molecule has 0 spiro atoms. The zero-order valence-electron chi connectivity index (χ0n) is 11.2. The van der Waals surface area contributed by atoms with Crippen LogP contribution in [0.3, 0.4) is 0 Å². The molecule has 0 amide bonds. The molecule has 0 saturated heterocycles. The van der Waals surface area contributed by atoms with Gasteiger partial charge in [-0.05, 0) is 12.1 Å². The van der Waals surface area contributed by atoms with Gasteiger partial charge in [0.1, 0.15) is 21.7 Å². The van der Waals surface area contributed by atoms with E-state index < -0.39 is 15.8 Å². The highest BCUT2D eigenvalue weighted by atomic mass is 35.5. The van der Waals surface area contributed by atoms with Crippen LogP contribution in [0, 0.1) is 5.82 Å². The fraction of sp³-hybridized carbons (Fsp3) is 0.167. The molecule has 0 saturated carbocycles. The van der Waals surface area contributed by atoms with Crippen molar-refractivity contribution in [1.29, 1.82) is 0 Å². The van der Waals surface area contributed by atoms with E-state index in [1.807, 2.05) is 0 Å². The van der Waals surface area contributed by atoms with Gasteiger partial charge in [-0.2, -0.15) is 0 Å². The lowest BCUT2D eigenvalue weighted by Crippen LogP contribution is -2.23. The molecule has 2 heterocycles. The van der Waals surface area contributed by atoms with Crippen molar-refractivity contribution >= 4 is 27.4 Å². The number of pyridine rings is 2. The smallest absolute Gasteiger partial charge is 0.246 e. The fourth-order valence-electron chi connectivity index (χ4n) is 1.64. The molecule has 112 valence electrons. The van der Waals surface area contributed by atoms with Crippen LogP contribution in [0.1, 0.15) is 0 Å². The van der Waals surface area contributed by atoms with Gasteiger partial charge in [-0.3, -0.25) is 0 Å². The van der Waals surface area contributed by atoms with E-state index in [9.17, 15) is 12.8 Å². The second kappa shape index (κ2) is 5.55. The molecule has 2 rings (SSSR count). The Hall–Kier alpha value is -1.77. The molecule has 0 aliphatic carbocycles. The molecule has 0 aliphatic heterocycles. The molecule has 0 radical (unpaired) electrons. The van der Waals surface area contributed by atoms with E-state index in [1.54, 1.807) is 0 Å². The number of rotatable bonds is 3. The highest BCUT2D eigenvalue weighted by molar-refractivity contribution is 7.89. The molecule has 6 nitrogen and oxygen atoms in total. The van der Waals surface area contributed by atoms with Gasteiger partial charge in [0.2, 0.25) is 10.0 Å². The zero-order valence-corrected chi connectivity index (χ0v) is 12.8. The predicted octanol–water partition coefficient (Wildman–Crippen LogP) is 1.77. The Balaban J connectivity index is 2.67. The minimum atomic E-state index is -3.79. The Labute approximate surface area is 126 Å². The zero-order chi connectivity index (χ0) is 15.8. The summed E-state index contributed by atoms with van der Waals surface area (Å²) in [6.07, 6.45) is 2.23. The highest BCUT2D eigenvalue weighted by Gasteiger charge is 2.22. The van der Waals surface area contributed by atoms with Crippen molar-refractivity contribution in [2.24, 2.45) is 0 Å². The van der Waals surface area contributed by atoms with Crippen molar-refractivity contribution in [2.75, 3.05) is 19.8 Å². The van der Waals surface area contributed by atoms with Gasteiger partial charge in [0.15, 0.2) is 0 Å². The number of hydrogen-bond donors (Lipinski definition) is 1. The molecule has 0 aromatic carbocycles. The molecule has 0 fully saturated rings. The highest BCUT2D eigenvalue weighted by Crippen LogP contribution is 2.28. The van der Waals surface area contributed by atoms with Crippen LogP contribution in [0.2, 0.25) is 5.15 Å². The quantitative estimate of drug-likeness (QED) is 0.866. The average Bonchev–Trinajstić information content (AvgIpc) is 2.42. The van der Waals surface area contributed by atoms with Crippen molar-refractivity contribution < 1.29 is 12.8 Å². The number of sulfonamides is 1. The molecule has 21 heavy (non-hydrogen) atoms. The SMILES string of the molecule is CN(C)S(=O)(=O)c1cc(-c2cc(Cl)ncc2F)cnc1N. The summed E-state index contributed by atoms with van der Waals surface area (Å²) in [5.74, 6) is -0.799. The number of nitrogen functional groups attached to an aromatic ring is 1. The standard InChI is InChI=1S/C12H12ClFN4O2S/c1-18(2)21(19,20)10-3-7(5-17-12(10)15)8-4-11(13)16-6-9(8)14/h3-6H,1-2H3,(H2,15,17). The van der Waals surface area contributed by atoms with Gasteiger partial charge in [0.05, 0.1) is 6.20 Å². The molecule has 0 aliphatic rings. The van der Waals surface area contributed by atoms with E-state index in [-0.39, 0.29) is 27.0 Å². The Bertz CT molecular complexity index is 796. The van der Waals surface area contributed by atoms with E-state index in [1.165, 1.54) is 32.4 Å². The summed E-state index contributed by atoms with van der Waals surface area (Å²) >= 11 is 5.73. The van der Waals surface area contributed by atoms with Crippen LogP contribution in [0.5, 0.6) is 0 Å². The summed E-state index contributed by atoms with van der Waals surface area (Å²) in [6.45, 7) is 0. The lowest BCUT2D eigenvalue weighted by Gasteiger charge is -2.14. The summed E-state index contributed by atoms with van der Waals surface area (Å²) in [7, 11) is -1.05. The molecule has 2 aromatic rings. The van der Waals surface area contributed by atoms with Gasteiger partial charge in [0, 0.05) is 31.4 Å². The summed E-state index contributed by atoms with van der Waals surface area (Å²) in [5.41, 5.74) is 5.95. The monoisotopic (exact) mass is 330 g/mol. The topological polar surface area (TPSA) is 89.2 Å². The lowest BCUT2D eigenvalue weighted by molar-refractivity contribution is 0.521. The molecule has 0 unspecified atom stereocenters. The van der Waals surface area contributed by atoms with E-state index in [0.717, 1.165) is 10.5 Å². The van der Waals surface area contributed by atoms with Crippen molar-refractivity contribution in [2.45, 2.75) is 4.90 Å². The van der Waals surface area contributed by atoms with Crippen LogP contribution in [-0.2, 0) is 10.0 Å². The number of halogens is 2. The minimum Gasteiger partial charge on any atom is -0.383 e. The normalized spacial score (nSPS) is 11.9. The molecular weight excluding hydrogens is 319 g/mol. The van der Waals surface area contributed by atoms with E-state index in [4.69, 9.17) is 17.3 Å². The van der Waals surface area contributed by atoms with Gasteiger partial charge >= 0.3 is 0 Å². The molecule has 0 bridgehead atoms. The molecule has 0 atom stereocenters. The first kappa shape index (κ1) is 15.6. The lowest BCUT2D eigenvalue weighted by atomic mass is 10.1. The van der Waals surface area contributed by atoms with Crippen LogP contribution in [0.15, 0.2) is 29.4 Å². The Morgan fingerprint density at radius 1 is 1.24 bits per heavy atom. The predicted molar refractivity (Wildman–Crippen MR) is 77.7 cm³/mol. The van der Waals surface area contributed by atoms with Crippen molar-refractivity contribution in [3.8, 4) is 11.1 Å². The third-order valence-corrected chi connectivity index (χ3v) is 4.82. The number of nitrogens with two attached hydrogens (primary N) is 1. The Kier molecular flexibility index (Phi) is 4.13. The molecule has 2 aromatic heterocycles. The Morgan fingerprint density at radius 3 is 2.52 bits per heavy atom. The fourth-order valence-corrected chi connectivity index (χ4v) is 2.78. The van der Waals surface area contributed by atoms with Gasteiger partial charge in [-0.25, -0.2) is 27.1 Å². The number of aromatic nitrogens is 2. The van der Waals surface area contributed by atoms with Gasteiger partial charge < -0.3 is 5.73 Å². The average molecular weight is 331 g/mol. The second-order valence-electron chi connectivity index (χ2n) is 4.38. The van der Waals surface area contributed by atoms with Gasteiger partial charge in [0.25, 0.3) is 0 Å². The van der Waals surface area contributed by atoms with Crippen molar-refractivity contribution in [3.05, 3.63) is 35.5 Å². The maximum absolute atomic E-state index is 13.8. The van der Waals surface area contributed by atoms with Gasteiger partial charge in [-0.1, -0.05) is 11.6 Å². The first-order valence-corrected chi connectivity index (χ1v) is 7.54. The minimum absolute atomic E-state index is 0.0836. The number of anilines is 1. The van der Waals surface area contributed by atoms with E-state index in [0.29, 0.717) is 0 Å². The first-order chi connectivity index (χ1) is 9.73. The van der Waals surface area contributed by atoms with Crippen molar-refractivity contribution in [1.82, 2.24) is 14.3 Å². The maximum atomic E-state index is 13.8. The van der Waals surface area contributed by atoms with Crippen molar-refractivity contribution in [3.63, 3.8) is 0 Å². The molecule has 2 N–H and O–H groups in total. The van der Waals surface area contributed by atoms with Gasteiger partial charge in [-0.15, -0.1) is 0 Å². The van der Waals surface area contributed by atoms with Crippen LogP contribution in [0.25, 0.3) is 11.1 Å². The molecular formula is C12H12ClFN4O2S. The summed E-state index contributed by atoms with van der Waals surface area (Å²) in [4.78, 5) is 7.22. The number of hydrogen-bond acceptors (Lipinski definition) is 5. The van der Waals surface area contributed by atoms with Crippen LogP contribution >= 0.6 is 11.6 Å². The first-order valence-electron chi connectivity index (χ1n) is 5.73. The van der Waals surface area contributed by atoms with E-state index >= 15 is 0 Å². The van der Waals surface area contributed by atoms with Crippen LogP contribution in [0.4, 0.5) is 10.2 Å². The summed E-state index contributed by atoms with van der Waals surface area (Å²) < 4.78 is 39.1. The second-order valence-corrected chi connectivity index (χ2v) is 6.89. The largest absolute Gasteiger partial charge is 0.383 e. The van der Waals surface area contributed by atoms with Crippen LogP contribution < -0.4 is 5.73 Å².